The Labute approximate surface area is 129 Å². The molecule has 0 amide bonds. The summed E-state index contributed by atoms with van der Waals surface area (Å²) in [4.78, 5) is 7.58. The third kappa shape index (κ3) is 9.06. The second-order valence-electron chi connectivity index (χ2n) is 5.23. The van der Waals surface area contributed by atoms with Gasteiger partial charge in [0.25, 0.3) is 0 Å². The minimum atomic E-state index is -4.16. The summed E-state index contributed by atoms with van der Waals surface area (Å²) in [6.07, 6.45) is -4.16. The number of morpholine rings is 1. The molecule has 0 radical (unpaired) electrons. The predicted octanol–water partition coefficient (Wildman–Crippen LogP) is -0.0223. The summed E-state index contributed by atoms with van der Waals surface area (Å²) in [7, 11) is 3.09. The van der Waals surface area contributed by atoms with E-state index < -0.39 is 12.7 Å². The number of hydrogen-bond acceptors (Lipinski definition) is 4. The summed E-state index contributed by atoms with van der Waals surface area (Å²) in [5.41, 5.74) is 0. The third-order valence-corrected chi connectivity index (χ3v) is 3.28. The summed E-state index contributed by atoms with van der Waals surface area (Å²) in [6.45, 7) is 4.80. The molecule has 22 heavy (non-hydrogen) atoms. The van der Waals surface area contributed by atoms with Crippen molar-refractivity contribution in [3.05, 3.63) is 0 Å². The largest absolute Gasteiger partial charge is 0.401 e. The van der Waals surface area contributed by atoms with Crippen LogP contribution in [0.15, 0.2) is 4.99 Å². The van der Waals surface area contributed by atoms with Crippen molar-refractivity contribution >= 4 is 5.96 Å². The minimum Gasteiger partial charge on any atom is -0.379 e. The number of alkyl halides is 3. The number of guanidine groups is 1. The van der Waals surface area contributed by atoms with E-state index in [2.05, 4.69) is 20.5 Å². The highest BCUT2D eigenvalue weighted by Crippen LogP contribution is 2.14. The average Bonchev–Trinajstić information content (AvgIpc) is 2.45. The van der Waals surface area contributed by atoms with Gasteiger partial charge in [0.05, 0.1) is 19.8 Å². The summed E-state index contributed by atoms with van der Waals surface area (Å²) in [5, 5.41) is 6.16. The first-order chi connectivity index (χ1) is 10.4. The molecule has 0 spiro atoms. The molecule has 1 rings (SSSR count). The van der Waals surface area contributed by atoms with Crippen LogP contribution in [-0.4, -0.2) is 95.1 Å². The van der Waals surface area contributed by atoms with Crippen molar-refractivity contribution in [1.29, 1.82) is 0 Å². The normalized spacial score (nSPS) is 17.8. The highest BCUT2D eigenvalue weighted by atomic mass is 19.4. The molecular formula is C13H26F3N5O. The van der Waals surface area contributed by atoms with Crippen molar-refractivity contribution in [2.24, 2.45) is 4.99 Å². The molecule has 0 aliphatic carbocycles. The van der Waals surface area contributed by atoms with Gasteiger partial charge in [0.2, 0.25) is 0 Å². The Bertz CT molecular complexity index is 332. The number of nitrogens with zero attached hydrogens (tertiary/aromatic N) is 3. The lowest BCUT2D eigenvalue weighted by Crippen LogP contribution is -2.46. The van der Waals surface area contributed by atoms with E-state index >= 15 is 0 Å². The van der Waals surface area contributed by atoms with Crippen LogP contribution in [0.2, 0.25) is 0 Å². The molecule has 130 valence electrons. The Hall–Kier alpha value is -1.06. The van der Waals surface area contributed by atoms with Crippen LogP contribution in [0.1, 0.15) is 0 Å². The van der Waals surface area contributed by atoms with Gasteiger partial charge in [0, 0.05) is 46.3 Å². The van der Waals surface area contributed by atoms with Gasteiger partial charge in [-0.1, -0.05) is 0 Å². The van der Waals surface area contributed by atoms with E-state index in [1.54, 1.807) is 7.05 Å². The number of rotatable bonds is 7. The van der Waals surface area contributed by atoms with Crippen molar-refractivity contribution in [3.8, 4) is 0 Å². The summed E-state index contributed by atoms with van der Waals surface area (Å²) < 4.78 is 41.8. The molecule has 6 nitrogen and oxygen atoms in total. The molecule has 0 aromatic carbocycles. The first-order valence-corrected chi connectivity index (χ1v) is 7.40. The highest BCUT2D eigenvalue weighted by molar-refractivity contribution is 5.79. The maximum absolute atomic E-state index is 12.2. The van der Waals surface area contributed by atoms with E-state index in [0.717, 1.165) is 39.4 Å². The summed E-state index contributed by atoms with van der Waals surface area (Å²) in [6, 6.07) is 0. The van der Waals surface area contributed by atoms with Crippen molar-refractivity contribution in [1.82, 2.24) is 20.4 Å². The van der Waals surface area contributed by atoms with E-state index in [1.807, 2.05) is 0 Å². The van der Waals surface area contributed by atoms with Gasteiger partial charge in [-0.05, 0) is 7.05 Å². The van der Waals surface area contributed by atoms with Crippen LogP contribution in [-0.2, 0) is 4.74 Å². The molecule has 0 atom stereocenters. The van der Waals surface area contributed by atoms with Crippen LogP contribution >= 0.6 is 0 Å². The number of likely N-dealkylation sites (N-methyl/N-ethyl adjacent to an activating group) is 1. The monoisotopic (exact) mass is 325 g/mol. The SMILES string of the molecule is CN=C(NCCN(C)CC(F)(F)F)NCCN1CCOCC1. The van der Waals surface area contributed by atoms with Crippen molar-refractivity contribution in [2.75, 3.05) is 73.1 Å². The molecule has 2 N–H and O–H groups in total. The smallest absolute Gasteiger partial charge is 0.379 e. The first-order valence-electron chi connectivity index (χ1n) is 7.40. The fraction of sp³-hybridized carbons (Fsp3) is 0.923. The lowest BCUT2D eigenvalue weighted by atomic mass is 10.4. The van der Waals surface area contributed by atoms with Crippen LogP contribution in [0.4, 0.5) is 13.2 Å². The molecule has 0 aromatic rings. The van der Waals surface area contributed by atoms with Gasteiger partial charge in [0.15, 0.2) is 5.96 Å². The van der Waals surface area contributed by atoms with Gasteiger partial charge < -0.3 is 15.4 Å². The van der Waals surface area contributed by atoms with Crippen LogP contribution in [0.5, 0.6) is 0 Å². The lowest BCUT2D eigenvalue weighted by Gasteiger charge is -2.26. The zero-order valence-electron chi connectivity index (χ0n) is 13.2. The van der Waals surface area contributed by atoms with E-state index in [1.165, 1.54) is 11.9 Å². The molecule has 9 heteroatoms. The average molecular weight is 325 g/mol. The van der Waals surface area contributed by atoms with Crippen LogP contribution < -0.4 is 10.6 Å². The van der Waals surface area contributed by atoms with E-state index in [9.17, 15) is 13.2 Å². The standard InChI is InChI=1S/C13H26F3N5O/c1-17-12(18-3-5-20(2)11-13(14,15)16)19-4-6-21-7-9-22-10-8-21/h3-11H2,1-2H3,(H2,17,18,19). The first kappa shape index (κ1) is 19.0. The Kier molecular flexibility index (Phi) is 8.51. The van der Waals surface area contributed by atoms with Crippen LogP contribution in [0.3, 0.4) is 0 Å². The quantitative estimate of drug-likeness (QED) is 0.509. The lowest BCUT2D eigenvalue weighted by molar-refractivity contribution is -0.142. The second-order valence-corrected chi connectivity index (χ2v) is 5.23. The van der Waals surface area contributed by atoms with Gasteiger partial charge in [-0.3, -0.25) is 14.8 Å². The maximum atomic E-state index is 12.2. The molecule has 1 aliphatic rings. The zero-order valence-corrected chi connectivity index (χ0v) is 13.2. The summed E-state index contributed by atoms with van der Waals surface area (Å²) in [5.74, 6) is 0.605. The van der Waals surface area contributed by atoms with Gasteiger partial charge in [0.1, 0.15) is 0 Å². The number of ether oxygens (including phenoxy) is 1. The number of hydrogen-bond donors (Lipinski definition) is 2. The topological polar surface area (TPSA) is 52.1 Å². The van der Waals surface area contributed by atoms with E-state index in [4.69, 9.17) is 4.74 Å². The van der Waals surface area contributed by atoms with Gasteiger partial charge in [-0.15, -0.1) is 0 Å². The number of aliphatic imine (C=N–C) groups is 1. The Balaban J connectivity index is 2.11. The van der Waals surface area contributed by atoms with Gasteiger partial charge in [-0.2, -0.15) is 13.2 Å². The maximum Gasteiger partial charge on any atom is 0.401 e. The Morgan fingerprint density at radius 2 is 1.86 bits per heavy atom. The molecule has 1 fully saturated rings. The molecule has 1 saturated heterocycles. The molecule has 0 unspecified atom stereocenters. The van der Waals surface area contributed by atoms with Crippen molar-refractivity contribution < 1.29 is 17.9 Å². The van der Waals surface area contributed by atoms with Crippen LogP contribution in [0.25, 0.3) is 0 Å². The summed E-state index contributed by atoms with van der Waals surface area (Å²) >= 11 is 0. The van der Waals surface area contributed by atoms with E-state index in [-0.39, 0.29) is 0 Å². The molecular weight excluding hydrogens is 299 g/mol. The highest BCUT2D eigenvalue weighted by Gasteiger charge is 2.28. The molecule has 0 saturated carbocycles. The molecule has 0 aromatic heterocycles. The predicted molar refractivity (Wildman–Crippen MR) is 80.2 cm³/mol. The van der Waals surface area contributed by atoms with Gasteiger partial charge >= 0.3 is 6.18 Å². The molecule has 1 heterocycles. The van der Waals surface area contributed by atoms with Gasteiger partial charge in [-0.25, -0.2) is 0 Å². The van der Waals surface area contributed by atoms with Crippen LogP contribution in [0, 0.1) is 0 Å². The molecule has 0 bridgehead atoms. The fourth-order valence-corrected chi connectivity index (χ4v) is 2.13. The zero-order chi connectivity index (χ0) is 16.4. The minimum absolute atomic E-state index is 0.295. The molecule has 1 aliphatic heterocycles. The Morgan fingerprint density at radius 1 is 1.23 bits per heavy atom. The number of halogens is 3. The van der Waals surface area contributed by atoms with E-state index in [0.29, 0.717) is 19.0 Å². The fourth-order valence-electron chi connectivity index (χ4n) is 2.13. The Morgan fingerprint density at radius 3 is 2.45 bits per heavy atom. The van der Waals surface area contributed by atoms with Crippen molar-refractivity contribution in [2.45, 2.75) is 6.18 Å². The number of nitrogens with one attached hydrogen (secondary N) is 2. The second kappa shape index (κ2) is 9.86. The van der Waals surface area contributed by atoms with Crippen molar-refractivity contribution in [3.63, 3.8) is 0 Å². The third-order valence-electron chi connectivity index (χ3n) is 3.28.